The Hall–Kier alpha value is -1.15. The Morgan fingerprint density at radius 1 is 1.39 bits per heavy atom. The van der Waals surface area contributed by atoms with Crippen molar-refractivity contribution in [1.82, 2.24) is 4.98 Å². The van der Waals surface area contributed by atoms with Gasteiger partial charge < -0.3 is 16.6 Å². The lowest BCUT2D eigenvalue weighted by Gasteiger charge is -2.05. The van der Waals surface area contributed by atoms with Gasteiger partial charge in [0.15, 0.2) is 5.96 Å². The summed E-state index contributed by atoms with van der Waals surface area (Å²) in [6.45, 7) is 0. The van der Waals surface area contributed by atoms with Crippen molar-refractivity contribution in [2.75, 3.05) is 0 Å². The smallest absolute Gasteiger partial charge is 0.347 e. The Morgan fingerprint density at radius 3 is 2.50 bits per heavy atom. The molecule has 1 heterocycles. The number of carbonyl (C=O) groups is 1. The van der Waals surface area contributed by atoms with Crippen LogP contribution in [-0.2, 0) is 0 Å². The van der Waals surface area contributed by atoms with Crippen LogP contribution in [0.1, 0.15) is 47.0 Å². The molecule has 8 heteroatoms. The van der Waals surface area contributed by atoms with Crippen LogP contribution >= 0.6 is 28.3 Å². The molecule has 0 saturated heterocycles. The highest BCUT2D eigenvalue weighted by Crippen LogP contribution is 2.39. The molecule has 0 unspecified atom stereocenters. The second kappa shape index (κ2) is 6.14. The Bertz CT molecular complexity index is 464. The summed E-state index contributed by atoms with van der Waals surface area (Å²) in [6.07, 6.45) is 4.23. The van der Waals surface area contributed by atoms with Gasteiger partial charge in [-0.3, -0.25) is 0 Å². The maximum atomic E-state index is 11.1. The fourth-order valence-corrected chi connectivity index (χ4v) is 2.99. The molecular weight excluding hydrogens is 320 g/mol. The largest absolute Gasteiger partial charge is 0.477 e. The predicted octanol–water partition coefficient (Wildman–Crippen LogP) is 1.98. The van der Waals surface area contributed by atoms with E-state index in [0.717, 1.165) is 37.0 Å². The molecule has 0 radical (unpaired) electrons. The Kier molecular flexibility index (Phi) is 5.09. The highest BCUT2D eigenvalue weighted by Gasteiger charge is 2.26. The van der Waals surface area contributed by atoms with E-state index in [1.165, 1.54) is 0 Å². The van der Waals surface area contributed by atoms with Gasteiger partial charge in [0, 0.05) is 5.92 Å². The van der Waals surface area contributed by atoms with Crippen LogP contribution in [0.2, 0.25) is 0 Å². The molecule has 1 aromatic heterocycles. The van der Waals surface area contributed by atoms with Gasteiger partial charge in [-0.15, -0.1) is 17.0 Å². The zero-order valence-electron chi connectivity index (χ0n) is 9.63. The quantitative estimate of drug-likeness (QED) is 0.577. The number of aliphatic imine (C=N–C) groups is 1. The van der Waals surface area contributed by atoms with Gasteiger partial charge in [0.1, 0.15) is 4.88 Å². The molecule has 0 spiro atoms. The van der Waals surface area contributed by atoms with Crippen LogP contribution in [0.5, 0.6) is 0 Å². The van der Waals surface area contributed by atoms with E-state index in [-0.39, 0.29) is 33.7 Å². The van der Waals surface area contributed by atoms with Crippen molar-refractivity contribution in [3.05, 3.63) is 10.6 Å². The second-order valence-corrected chi connectivity index (χ2v) is 5.01. The summed E-state index contributed by atoms with van der Waals surface area (Å²) in [5.41, 5.74) is 11.2. The Balaban J connectivity index is 0.00000162. The molecule has 5 N–H and O–H groups in total. The zero-order chi connectivity index (χ0) is 12.4. The molecule has 0 aliphatic heterocycles. The first-order valence-electron chi connectivity index (χ1n) is 5.41. The lowest BCUT2D eigenvalue weighted by Crippen LogP contribution is -2.21. The fourth-order valence-electron chi connectivity index (χ4n) is 2.11. The summed E-state index contributed by atoms with van der Waals surface area (Å²) < 4.78 is 0. The van der Waals surface area contributed by atoms with Crippen molar-refractivity contribution < 1.29 is 9.90 Å². The predicted molar refractivity (Wildman–Crippen MR) is 76.1 cm³/mol. The standard InChI is InChI=1S/C10H14N4O2S.BrH/c11-9(12)14-10-13-6(5-3-1-2-4-5)7(17-10)8(15)16;/h5H,1-4H2,(H,15,16)(H4,11,12,13,14);1H. The molecule has 18 heavy (non-hydrogen) atoms. The number of carboxylic acids is 1. The van der Waals surface area contributed by atoms with Crippen LogP contribution < -0.4 is 11.5 Å². The second-order valence-electron chi connectivity index (χ2n) is 4.03. The zero-order valence-corrected chi connectivity index (χ0v) is 12.2. The lowest BCUT2D eigenvalue weighted by molar-refractivity contribution is 0.0700. The Labute approximate surface area is 119 Å². The number of guanidine groups is 1. The van der Waals surface area contributed by atoms with Gasteiger partial charge in [-0.25, -0.2) is 9.78 Å². The van der Waals surface area contributed by atoms with Crippen LogP contribution in [0.15, 0.2) is 4.99 Å². The molecule has 100 valence electrons. The maximum absolute atomic E-state index is 11.1. The van der Waals surface area contributed by atoms with E-state index in [9.17, 15) is 4.79 Å². The lowest BCUT2D eigenvalue weighted by atomic mass is 10.0. The molecule has 1 aliphatic rings. The van der Waals surface area contributed by atoms with Crippen LogP contribution in [0.4, 0.5) is 5.13 Å². The number of hydrogen-bond donors (Lipinski definition) is 3. The molecular formula is C10H15BrN4O2S. The summed E-state index contributed by atoms with van der Waals surface area (Å²) in [7, 11) is 0. The number of aromatic carboxylic acids is 1. The summed E-state index contributed by atoms with van der Waals surface area (Å²) in [4.78, 5) is 19.5. The van der Waals surface area contributed by atoms with E-state index in [1.54, 1.807) is 0 Å². The van der Waals surface area contributed by atoms with E-state index in [4.69, 9.17) is 16.6 Å². The minimum Gasteiger partial charge on any atom is -0.477 e. The first-order chi connectivity index (χ1) is 8.08. The van der Waals surface area contributed by atoms with Gasteiger partial charge in [0.05, 0.1) is 5.69 Å². The number of carboxylic acid groups (broad SMARTS) is 1. The topological polar surface area (TPSA) is 115 Å². The summed E-state index contributed by atoms with van der Waals surface area (Å²) in [5, 5.41) is 9.46. The number of aromatic nitrogens is 1. The third-order valence-electron chi connectivity index (χ3n) is 2.80. The molecule has 1 fully saturated rings. The normalized spacial score (nSPS) is 15.1. The number of halogens is 1. The number of nitrogens with two attached hydrogens (primary N) is 2. The van der Waals surface area contributed by atoms with E-state index in [0.29, 0.717) is 10.8 Å². The number of rotatable bonds is 3. The van der Waals surface area contributed by atoms with Gasteiger partial charge in [0.25, 0.3) is 0 Å². The summed E-state index contributed by atoms with van der Waals surface area (Å²) in [6, 6.07) is 0. The third kappa shape index (κ3) is 3.20. The molecule has 1 aliphatic carbocycles. The molecule has 1 saturated carbocycles. The van der Waals surface area contributed by atoms with E-state index in [2.05, 4.69) is 9.98 Å². The van der Waals surface area contributed by atoms with E-state index in [1.807, 2.05) is 0 Å². The van der Waals surface area contributed by atoms with Crippen molar-refractivity contribution in [3.63, 3.8) is 0 Å². The first-order valence-corrected chi connectivity index (χ1v) is 6.23. The van der Waals surface area contributed by atoms with Crippen molar-refractivity contribution >= 4 is 45.4 Å². The third-order valence-corrected chi connectivity index (χ3v) is 3.76. The minimum absolute atomic E-state index is 0. The van der Waals surface area contributed by atoms with Crippen molar-refractivity contribution in [3.8, 4) is 0 Å². The molecule has 6 nitrogen and oxygen atoms in total. The van der Waals surface area contributed by atoms with Gasteiger partial charge in [-0.2, -0.15) is 4.99 Å². The molecule has 1 aromatic rings. The van der Waals surface area contributed by atoms with Crippen LogP contribution in [0.3, 0.4) is 0 Å². The van der Waals surface area contributed by atoms with Crippen LogP contribution in [-0.4, -0.2) is 22.0 Å². The van der Waals surface area contributed by atoms with Crippen LogP contribution in [0, 0.1) is 0 Å². The summed E-state index contributed by atoms with van der Waals surface area (Å²) >= 11 is 1.02. The van der Waals surface area contributed by atoms with Gasteiger partial charge in [-0.1, -0.05) is 24.2 Å². The monoisotopic (exact) mass is 334 g/mol. The highest BCUT2D eigenvalue weighted by atomic mass is 79.9. The van der Waals surface area contributed by atoms with Crippen LogP contribution in [0.25, 0.3) is 0 Å². The first kappa shape index (κ1) is 14.9. The summed E-state index contributed by atoms with van der Waals surface area (Å²) in [5.74, 6) is -0.824. The van der Waals surface area contributed by atoms with E-state index < -0.39 is 5.97 Å². The average molecular weight is 335 g/mol. The highest BCUT2D eigenvalue weighted by molar-refractivity contribution is 8.93. The van der Waals surface area contributed by atoms with Gasteiger partial charge in [0.2, 0.25) is 5.13 Å². The van der Waals surface area contributed by atoms with Crippen molar-refractivity contribution in [1.29, 1.82) is 0 Å². The Morgan fingerprint density at radius 2 is 2.00 bits per heavy atom. The SMILES string of the molecule is Br.NC(N)=Nc1nc(C2CCCC2)c(C(=O)O)s1. The fraction of sp³-hybridized carbons (Fsp3) is 0.500. The van der Waals surface area contributed by atoms with Crippen molar-refractivity contribution in [2.24, 2.45) is 16.5 Å². The number of nitrogens with zero attached hydrogens (tertiary/aromatic N) is 2. The number of hydrogen-bond acceptors (Lipinski definition) is 4. The maximum Gasteiger partial charge on any atom is 0.347 e. The van der Waals surface area contributed by atoms with Crippen molar-refractivity contribution in [2.45, 2.75) is 31.6 Å². The molecule has 2 rings (SSSR count). The average Bonchev–Trinajstić information content (AvgIpc) is 2.82. The minimum atomic E-state index is -0.957. The molecule has 0 atom stereocenters. The van der Waals surface area contributed by atoms with Gasteiger partial charge in [-0.05, 0) is 12.8 Å². The molecule has 0 amide bonds. The molecule has 0 aromatic carbocycles. The van der Waals surface area contributed by atoms with Gasteiger partial charge >= 0.3 is 5.97 Å². The number of thiazole rings is 1. The molecule has 0 bridgehead atoms. The van der Waals surface area contributed by atoms with E-state index >= 15 is 0 Å².